The second kappa shape index (κ2) is 10.7. The van der Waals surface area contributed by atoms with Crippen molar-refractivity contribution >= 4 is 58.7 Å². The number of fused-ring (bicyclic) bond motifs is 5. The van der Waals surface area contributed by atoms with E-state index in [1.165, 1.54) is 0 Å². The Kier molecular flexibility index (Phi) is 6.43. The van der Waals surface area contributed by atoms with Crippen LogP contribution in [0.25, 0.3) is 33.9 Å². The average Bonchev–Trinajstić information content (AvgIpc) is 3.58. The molecule has 1 N–H and O–H groups in total. The molecule has 45 heavy (non-hydrogen) atoms. The number of nitrogens with zero attached hydrogens (tertiary/aromatic N) is 7. The molecule has 11 heteroatoms. The van der Waals surface area contributed by atoms with Crippen molar-refractivity contribution in [3.8, 4) is 45.4 Å². The van der Waals surface area contributed by atoms with Gasteiger partial charge < -0.3 is 14.5 Å². The first-order valence-electron chi connectivity index (χ1n) is 14.1. The maximum absolute atomic E-state index is 8.73. The monoisotopic (exact) mass is 624 g/mol. The number of benzene rings is 4. The van der Waals surface area contributed by atoms with Crippen LogP contribution in [-0.4, -0.2) is 44.2 Å². The molecule has 0 unspecified atom stereocenters. The highest BCUT2D eigenvalue weighted by molar-refractivity contribution is 7.79. The van der Waals surface area contributed by atoms with E-state index < -0.39 is 0 Å². The Bertz CT molecular complexity index is 2110. The van der Waals surface area contributed by atoms with E-state index in [-0.39, 0.29) is 5.71 Å². The second-order valence-corrected chi connectivity index (χ2v) is 11.5. The van der Waals surface area contributed by atoms with Gasteiger partial charge in [0.1, 0.15) is 34.2 Å². The molecule has 0 amide bonds. The molecule has 1 aliphatic carbocycles. The maximum atomic E-state index is 8.73. The van der Waals surface area contributed by atoms with Gasteiger partial charge >= 0.3 is 0 Å². The van der Waals surface area contributed by atoms with Crippen molar-refractivity contribution in [2.45, 2.75) is 0 Å². The molecule has 2 aromatic heterocycles. The van der Waals surface area contributed by atoms with Crippen LogP contribution in [0, 0.1) is 5.41 Å². The minimum atomic E-state index is 0.129. The van der Waals surface area contributed by atoms with Crippen LogP contribution in [0.2, 0.25) is 0 Å². The SMILES string of the molecule is CN(C)c1ccc(-c2nc3c(nc2-c2ccc(N4c5ccccc5Oc5ccccc54)cc2)C(=NS)C(=N)c2nsnc2-3)cc1. The number of hydrogen-bond acceptors (Lipinski definition) is 11. The fourth-order valence-electron chi connectivity index (χ4n) is 5.67. The van der Waals surface area contributed by atoms with E-state index in [9.17, 15) is 0 Å². The zero-order valence-corrected chi connectivity index (χ0v) is 25.8. The number of anilines is 4. The van der Waals surface area contributed by atoms with Crippen LogP contribution in [-0.2, 0) is 0 Å². The lowest BCUT2D eigenvalue weighted by Gasteiger charge is -2.32. The summed E-state index contributed by atoms with van der Waals surface area (Å²) in [6.45, 7) is 0. The fourth-order valence-corrected chi connectivity index (χ4v) is 6.42. The number of nitrogens with one attached hydrogen (secondary N) is 1. The van der Waals surface area contributed by atoms with Crippen molar-refractivity contribution in [1.29, 1.82) is 5.41 Å². The largest absolute Gasteiger partial charge is 0.453 e. The molecule has 6 aromatic rings. The molecule has 9 nitrogen and oxygen atoms in total. The number of thiol groups is 1. The summed E-state index contributed by atoms with van der Waals surface area (Å²) >= 11 is 5.24. The summed E-state index contributed by atoms with van der Waals surface area (Å²) in [4.78, 5) is 14.5. The predicted molar refractivity (Wildman–Crippen MR) is 183 cm³/mol. The molecule has 1 aliphatic heterocycles. The highest BCUT2D eigenvalue weighted by Gasteiger charge is 2.34. The fraction of sp³-hybridized carbons (Fsp3) is 0.0588. The summed E-state index contributed by atoms with van der Waals surface area (Å²) < 4.78 is 19.2. The minimum absolute atomic E-state index is 0.129. The van der Waals surface area contributed by atoms with Crippen molar-refractivity contribution in [2.24, 2.45) is 4.40 Å². The molecule has 0 bridgehead atoms. The Balaban J connectivity index is 1.30. The van der Waals surface area contributed by atoms with Crippen LogP contribution in [0.5, 0.6) is 11.5 Å². The number of ether oxygens (including phenoxy) is 1. The molecule has 0 spiro atoms. The minimum Gasteiger partial charge on any atom is -0.453 e. The Morgan fingerprint density at radius 2 is 1.24 bits per heavy atom. The van der Waals surface area contributed by atoms with Gasteiger partial charge in [0, 0.05) is 36.6 Å². The number of rotatable bonds is 4. The topological polar surface area (TPSA) is 103 Å². The third-order valence-electron chi connectivity index (χ3n) is 7.89. The summed E-state index contributed by atoms with van der Waals surface area (Å²) in [6, 6.07) is 32.5. The highest BCUT2D eigenvalue weighted by atomic mass is 32.1. The maximum Gasteiger partial charge on any atom is 0.151 e. The van der Waals surface area contributed by atoms with Gasteiger partial charge in [0.2, 0.25) is 0 Å². The second-order valence-electron chi connectivity index (χ2n) is 10.8. The first-order chi connectivity index (χ1) is 22.0. The van der Waals surface area contributed by atoms with E-state index in [0.717, 1.165) is 57.1 Å². The smallest absolute Gasteiger partial charge is 0.151 e. The molecule has 3 heterocycles. The van der Waals surface area contributed by atoms with Crippen LogP contribution in [0.4, 0.5) is 22.7 Å². The van der Waals surface area contributed by atoms with Crippen LogP contribution < -0.4 is 14.5 Å². The van der Waals surface area contributed by atoms with Gasteiger partial charge in [-0.2, -0.15) is 8.75 Å². The van der Waals surface area contributed by atoms with Crippen molar-refractivity contribution in [1.82, 2.24) is 18.7 Å². The lowest BCUT2D eigenvalue weighted by Crippen LogP contribution is -2.25. The van der Waals surface area contributed by atoms with Crippen molar-refractivity contribution < 1.29 is 4.74 Å². The molecule has 0 saturated carbocycles. The number of aromatic nitrogens is 4. The van der Waals surface area contributed by atoms with Gasteiger partial charge in [-0.15, -0.1) is 0 Å². The predicted octanol–water partition coefficient (Wildman–Crippen LogP) is 7.99. The number of hydrogen-bond donors (Lipinski definition) is 2. The van der Waals surface area contributed by atoms with Gasteiger partial charge in [0.25, 0.3) is 0 Å². The molecular weight excluding hydrogens is 601 g/mol. The van der Waals surface area contributed by atoms with Gasteiger partial charge in [-0.3, -0.25) is 5.41 Å². The van der Waals surface area contributed by atoms with E-state index in [0.29, 0.717) is 39.9 Å². The van der Waals surface area contributed by atoms with Gasteiger partial charge in [-0.1, -0.05) is 48.5 Å². The Morgan fingerprint density at radius 1 is 0.689 bits per heavy atom. The lowest BCUT2D eigenvalue weighted by atomic mass is 9.95. The first kappa shape index (κ1) is 27.2. The molecule has 0 fully saturated rings. The summed E-state index contributed by atoms with van der Waals surface area (Å²) in [7, 11) is 4.02. The van der Waals surface area contributed by atoms with E-state index in [1.54, 1.807) is 0 Å². The zero-order chi connectivity index (χ0) is 30.7. The molecule has 2 aliphatic rings. The van der Waals surface area contributed by atoms with Crippen molar-refractivity contribution in [3.63, 3.8) is 0 Å². The summed E-state index contributed by atoms with van der Waals surface area (Å²) in [5.41, 5.74) is 9.50. The summed E-state index contributed by atoms with van der Waals surface area (Å²) in [5, 5.41) is 8.73. The normalized spacial score (nSPS) is 13.9. The summed E-state index contributed by atoms with van der Waals surface area (Å²) in [6.07, 6.45) is 0. The average molecular weight is 625 g/mol. The third kappa shape index (κ3) is 4.39. The summed E-state index contributed by atoms with van der Waals surface area (Å²) in [5.74, 6) is 1.59. The third-order valence-corrected chi connectivity index (χ3v) is 8.62. The van der Waals surface area contributed by atoms with Crippen LogP contribution in [0.15, 0.2) is 101 Å². The molecule has 8 rings (SSSR count). The highest BCUT2D eigenvalue weighted by Crippen LogP contribution is 2.50. The number of para-hydroxylation sites is 4. The van der Waals surface area contributed by atoms with Gasteiger partial charge in [0.05, 0.1) is 34.5 Å². The van der Waals surface area contributed by atoms with Crippen LogP contribution in [0.3, 0.4) is 0 Å². The van der Waals surface area contributed by atoms with E-state index in [4.69, 9.17) is 20.1 Å². The molecule has 0 radical (unpaired) electrons. The molecule has 0 saturated heterocycles. The molecular formula is C34H24N8OS2. The van der Waals surface area contributed by atoms with Crippen LogP contribution in [0.1, 0.15) is 11.4 Å². The standard InChI is InChI=1S/C34H24N8OS2/c1-41(2)21-15-11-19(12-16-21)29-28(36-32-30(38-44)27(35)31-34(33(32)37-29)40-45-39-31)20-13-17-22(18-14-20)42-23-7-3-5-9-25(23)43-26-10-6-4-8-24(26)42/h3-18,35,44H,1-2H3. The Hall–Kier alpha value is -5.39. The zero-order valence-electron chi connectivity index (χ0n) is 24.1. The van der Waals surface area contributed by atoms with Crippen LogP contribution >= 0.6 is 24.5 Å². The van der Waals surface area contributed by atoms with E-state index in [1.807, 2.05) is 74.8 Å². The van der Waals surface area contributed by atoms with Crippen molar-refractivity contribution in [3.05, 3.63) is 108 Å². The van der Waals surface area contributed by atoms with Gasteiger partial charge in [0.15, 0.2) is 11.5 Å². The Labute approximate surface area is 268 Å². The lowest BCUT2D eigenvalue weighted by molar-refractivity contribution is 0.477. The van der Waals surface area contributed by atoms with Gasteiger partial charge in [-0.05, 0) is 61.3 Å². The molecule has 218 valence electrons. The van der Waals surface area contributed by atoms with Gasteiger partial charge in [-0.25, -0.2) is 14.4 Å². The quantitative estimate of drug-likeness (QED) is 0.191. The first-order valence-corrected chi connectivity index (χ1v) is 15.3. The van der Waals surface area contributed by atoms with E-state index in [2.05, 4.69) is 72.2 Å². The molecule has 0 atom stereocenters. The van der Waals surface area contributed by atoms with E-state index >= 15 is 0 Å². The molecule has 4 aromatic carbocycles. The Morgan fingerprint density at radius 3 is 1.84 bits per heavy atom. The van der Waals surface area contributed by atoms with Crippen molar-refractivity contribution in [2.75, 3.05) is 23.9 Å².